The first-order valence-corrected chi connectivity index (χ1v) is 4.78. The van der Waals surface area contributed by atoms with Crippen LogP contribution in [0.25, 0.3) is 0 Å². The molecule has 0 heterocycles. The molecular weight excluding hydrogens is 152 g/mol. The molecule has 1 saturated carbocycles. The zero-order valence-electron chi connectivity index (χ0n) is 8.45. The van der Waals surface area contributed by atoms with Crippen LogP contribution < -0.4 is 0 Å². The standard InChI is InChI=1S/C10H20O2/c1-6(2)7(3)10(12-4)8-5-9(8)11/h6-11H,5H2,1-4H3. The van der Waals surface area contributed by atoms with Crippen molar-refractivity contribution in [3.8, 4) is 0 Å². The Morgan fingerprint density at radius 1 is 1.33 bits per heavy atom. The third-order valence-corrected chi connectivity index (χ3v) is 3.07. The van der Waals surface area contributed by atoms with Crippen molar-refractivity contribution in [2.75, 3.05) is 7.11 Å². The Morgan fingerprint density at radius 2 is 1.83 bits per heavy atom. The maximum atomic E-state index is 9.28. The Hall–Kier alpha value is -0.0800. The van der Waals surface area contributed by atoms with Gasteiger partial charge in [0.25, 0.3) is 0 Å². The smallest absolute Gasteiger partial charge is 0.0653 e. The lowest BCUT2D eigenvalue weighted by molar-refractivity contribution is 0.0133. The van der Waals surface area contributed by atoms with E-state index < -0.39 is 0 Å². The Balaban J connectivity index is 2.44. The third-order valence-electron chi connectivity index (χ3n) is 3.07. The second-order valence-corrected chi connectivity index (χ2v) is 4.27. The molecule has 0 bridgehead atoms. The fraction of sp³-hybridized carbons (Fsp3) is 1.00. The largest absolute Gasteiger partial charge is 0.393 e. The summed E-state index contributed by atoms with van der Waals surface area (Å²) in [5.74, 6) is 1.56. The van der Waals surface area contributed by atoms with Crippen LogP contribution >= 0.6 is 0 Å². The molecule has 72 valence electrons. The van der Waals surface area contributed by atoms with E-state index in [4.69, 9.17) is 4.74 Å². The van der Waals surface area contributed by atoms with Gasteiger partial charge in [0.15, 0.2) is 0 Å². The lowest BCUT2D eigenvalue weighted by Gasteiger charge is -2.25. The summed E-state index contributed by atoms with van der Waals surface area (Å²) in [6.45, 7) is 6.60. The van der Waals surface area contributed by atoms with Gasteiger partial charge >= 0.3 is 0 Å². The van der Waals surface area contributed by atoms with Crippen molar-refractivity contribution in [2.24, 2.45) is 17.8 Å². The molecule has 4 unspecified atom stereocenters. The minimum atomic E-state index is -0.101. The van der Waals surface area contributed by atoms with Gasteiger partial charge in [-0.25, -0.2) is 0 Å². The zero-order chi connectivity index (χ0) is 9.30. The summed E-state index contributed by atoms with van der Waals surface area (Å²) in [7, 11) is 1.74. The second-order valence-electron chi connectivity index (χ2n) is 4.27. The van der Waals surface area contributed by atoms with Gasteiger partial charge in [0.05, 0.1) is 12.2 Å². The minimum absolute atomic E-state index is 0.101. The molecule has 1 aliphatic carbocycles. The Morgan fingerprint density at radius 3 is 2.08 bits per heavy atom. The third kappa shape index (κ3) is 1.99. The van der Waals surface area contributed by atoms with Gasteiger partial charge in [-0.3, -0.25) is 0 Å². The highest BCUT2D eigenvalue weighted by Gasteiger charge is 2.44. The van der Waals surface area contributed by atoms with Crippen molar-refractivity contribution in [1.82, 2.24) is 0 Å². The lowest BCUT2D eigenvalue weighted by Crippen LogP contribution is -2.27. The molecule has 1 N–H and O–H groups in total. The van der Waals surface area contributed by atoms with Gasteiger partial charge in [-0.2, -0.15) is 0 Å². The minimum Gasteiger partial charge on any atom is -0.393 e. The van der Waals surface area contributed by atoms with Gasteiger partial charge in [0.1, 0.15) is 0 Å². The molecule has 2 heteroatoms. The highest BCUT2D eigenvalue weighted by molar-refractivity contribution is 4.94. The van der Waals surface area contributed by atoms with E-state index >= 15 is 0 Å². The summed E-state index contributed by atoms with van der Waals surface area (Å²) in [6, 6.07) is 0. The monoisotopic (exact) mass is 172 g/mol. The van der Waals surface area contributed by atoms with Crippen molar-refractivity contribution < 1.29 is 9.84 Å². The normalized spacial score (nSPS) is 33.5. The summed E-state index contributed by atoms with van der Waals surface area (Å²) in [5.41, 5.74) is 0. The first kappa shape index (κ1) is 10.0. The van der Waals surface area contributed by atoms with Crippen LogP contribution in [0.4, 0.5) is 0 Å². The van der Waals surface area contributed by atoms with Crippen molar-refractivity contribution in [1.29, 1.82) is 0 Å². The summed E-state index contributed by atoms with van der Waals surface area (Å²) in [5, 5.41) is 9.28. The van der Waals surface area contributed by atoms with E-state index in [9.17, 15) is 5.11 Å². The van der Waals surface area contributed by atoms with E-state index in [2.05, 4.69) is 20.8 Å². The molecule has 1 rings (SSSR count). The summed E-state index contributed by atoms with van der Waals surface area (Å²) in [4.78, 5) is 0. The number of aliphatic hydroxyl groups is 1. The molecule has 4 atom stereocenters. The SMILES string of the molecule is COC(C(C)C(C)C)C1CC1O. The maximum absolute atomic E-state index is 9.28. The Kier molecular flexibility index (Phi) is 3.13. The molecule has 0 aromatic rings. The number of hydrogen-bond acceptors (Lipinski definition) is 2. The molecule has 0 amide bonds. The van der Waals surface area contributed by atoms with E-state index in [-0.39, 0.29) is 12.2 Å². The average molecular weight is 172 g/mol. The van der Waals surface area contributed by atoms with Gasteiger partial charge in [0.2, 0.25) is 0 Å². The second kappa shape index (κ2) is 3.75. The van der Waals surface area contributed by atoms with Crippen LogP contribution in [0.2, 0.25) is 0 Å². The van der Waals surface area contributed by atoms with E-state index in [1.165, 1.54) is 0 Å². The number of aliphatic hydroxyl groups excluding tert-OH is 1. The molecule has 0 aliphatic heterocycles. The van der Waals surface area contributed by atoms with E-state index in [1.807, 2.05) is 0 Å². The van der Waals surface area contributed by atoms with Crippen LogP contribution in [0.3, 0.4) is 0 Å². The van der Waals surface area contributed by atoms with Crippen LogP contribution in [-0.4, -0.2) is 24.4 Å². The summed E-state index contributed by atoms with van der Waals surface area (Å²) < 4.78 is 5.41. The van der Waals surface area contributed by atoms with Crippen LogP contribution in [-0.2, 0) is 4.74 Å². The average Bonchev–Trinajstić information content (AvgIpc) is 2.68. The number of methoxy groups -OCH3 is 1. The van der Waals surface area contributed by atoms with Gasteiger partial charge in [-0.1, -0.05) is 20.8 Å². The van der Waals surface area contributed by atoms with Crippen molar-refractivity contribution in [3.63, 3.8) is 0 Å². The molecule has 0 spiro atoms. The first-order valence-electron chi connectivity index (χ1n) is 4.78. The van der Waals surface area contributed by atoms with Crippen LogP contribution in [0.1, 0.15) is 27.2 Å². The van der Waals surface area contributed by atoms with Crippen LogP contribution in [0, 0.1) is 17.8 Å². The molecule has 0 aromatic carbocycles. The predicted molar refractivity (Wildman–Crippen MR) is 48.9 cm³/mol. The van der Waals surface area contributed by atoms with Crippen LogP contribution in [0.15, 0.2) is 0 Å². The number of ether oxygens (including phenoxy) is 1. The fourth-order valence-electron chi connectivity index (χ4n) is 1.71. The Labute approximate surface area is 74.9 Å². The highest BCUT2D eigenvalue weighted by Crippen LogP contribution is 2.39. The lowest BCUT2D eigenvalue weighted by atomic mass is 9.89. The van der Waals surface area contributed by atoms with E-state index in [1.54, 1.807) is 7.11 Å². The topological polar surface area (TPSA) is 29.5 Å². The number of hydrogen-bond donors (Lipinski definition) is 1. The Bertz CT molecular complexity index is 145. The highest BCUT2D eigenvalue weighted by atomic mass is 16.5. The molecule has 1 aliphatic rings. The molecule has 12 heavy (non-hydrogen) atoms. The predicted octanol–water partition coefficient (Wildman–Crippen LogP) is 1.67. The fourth-order valence-corrected chi connectivity index (χ4v) is 1.71. The molecule has 0 radical (unpaired) electrons. The zero-order valence-corrected chi connectivity index (χ0v) is 8.45. The van der Waals surface area contributed by atoms with Crippen molar-refractivity contribution >= 4 is 0 Å². The van der Waals surface area contributed by atoms with Crippen molar-refractivity contribution in [3.05, 3.63) is 0 Å². The first-order chi connectivity index (χ1) is 5.57. The summed E-state index contributed by atoms with van der Waals surface area (Å²) >= 11 is 0. The number of rotatable bonds is 4. The molecule has 1 fully saturated rings. The molecular formula is C10H20O2. The van der Waals surface area contributed by atoms with Crippen LogP contribution in [0.5, 0.6) is 0 Å². The molecule has 0 saturated heterocycles. The molecule has 2 nitrogen and oxygen atoms in total. The van der Waals surface area contributed by atoms with Gasteiger partial charge in [0, 0.05) is 13.0 Å². The van der Waals surface area contributed by atoms with Gasteiger partial charge in [-0.05, 0) is 18.3 Å². The maximum Gasteiger partial charge on any atom is 0.0653 e. The van der Waals surface area contributed by atoms with E-state index in [0.717, 1.165) is 6.42 Å². The van der Waals surface area contributed by atoms with Crippen molar-refractivity contribution in [2.45, 2.75) is 39.4 Å². The summed E-state index contributed by atoms with van der Waals surface area (Å²) in [6.07, 6.45) is 1.08. The quantitative estimate of drug-likeness (QED) is 0.699. The van der Waals surface area contributed by atoms with Gasteiger partial charge < -0.3 is 9.84 Å². The van der Waals surface area contributed by atoms with Gasteiger partial charge in [-0.15, -0.1) is 0 Å². The van der Waals surface area contributed by atoms with E-state index in [0.29, 0.717) is 17.8 Å². The molecule has 0 aromatic heterocycles.